The van der Waals surface area contributed by atoms with Gasteiger partial charge in [0.1, 0.15) is 0 Å². The molecular weight excluding hydrogens is 276 g/mol. The zero-order valence-corrected chi connectivity index (χ0v) is 13.5. The molecule has 1 saturated carbocycles. The SMILES string of the molecule is CO[C@@H]1CCC[C@]12CCCN(C(=O)CCc1ccccn1)C2. The lowest BCUT2D eigenvalue weighted by atomic mass is 9.76. The number of aromatic nitrogens is 1. The van der Waals surface area contributed by atoms with Gasteiger partial charge in [0.2, 0.25) is 5.91 Å². The maximum absolute atomic E-state index is 12.6. The molecule has 3 rings (SSSR count). The second-order valence-corrected chi connectivity index (χ2v) is 6.72. The van der Waals surface area contributed by atoms with Gasteiger partial charge in [0.25, 0.3) is 0 Å². The average molecular weight is 302 g/mol. The fraction of sp³-hybridized carbons (Fsp3) is 0.667. The smallest absolute Gasteiger partial charge is 0.222 e. The summed E-state index contributed by atoms with van der Waals surface area (Å²) in [6.07, 6.45) is 9.30. The normalized spacial score (nSPS) is 28.2. The summed E-state index contributed by atoms with van der Waals surface area (Å²) in [4.78, 5) is 18.9. The minimum atomic E-state index is 0.216. The van der Waals surface area contributed by atoms with E-state index in [2.05, 4.69) is 9.88 Å². The number of carbonyl (C=O) groups is 1. The monoisotopic (exact) mass is 302 g/mol. The lowest BCUT2D eigenvalue weighted by molar-refractivity contribution is -0.137. The molecule has 0 bridgehead atoms. The van der Waals surface area contributed by atoms with E-state index in [9.17, 15) is 4.79 Å². The molecule has 2 atom stereocenters. The van der Waals surface area contributed by atoms with Crippen LogP contribution in [0.4, 0.5) is 0 Å². The van der Waals surface area contributed by atoms with Crippen molar-refractivity contribution in [3.05, 3.63) is 30.1 Å². The molecule has 1 saturated heterocycles. The number of pyridine rings is 1. The quantitative estimate of drug-likeness (QED) is 0.859. The molecule has 1 amide bonds. The van der Waals surface area contributed by atoms with Gasteiger partial charge in [-0.2, -0.15) is 0 Å². The van der Waals surface area contributed by atoms with Crippen molar-refractivity contribution >= 4 is 5.91 Å². The predicted octanol–water partition coefficient (Wildman–Crippen LogP) is 2.82. The zero-order valence-electron chi connectivity index (χ0n) is 13.5. The Kier molecular flexibility index (Phi) is 4.77. The molecule has 0 unspecified atom stereocenters. The minimum absolute atomic E-state index is 0.216. The van der Waals surface area contributed by atoms with Crippen molar-refractivity contribution in [2.24, 2.45) is 5.41 Å². The summed E-state index contributed by atoms with van der Waals surface area (Å²) in [5, 5.41) is 0. The van der Waals surface area contributed by atoms with E-state index >= 15 is 0 Å². The van der Waals surface area contributed by atoms with Gasteiger partial charge in [-0.3, -0.25) is 9.78 Å². The zero-order chi connectivity index (χ0) is 15.4. The number of hydrogen-bond donors (Lipinski definition) is 0. The summed E-state index contributed by atoms with van der Waals surface area (Å²) in [5.74, 6) is 0.270. The topological polar surface area (TPSA) is 42.4 Å². The average Bonchev–Trinajstić information content (AvgIpc) is 2.95. The molecule has 4 nitrogen and oxygen atoms in total. The van der Waals surface area contributed by atoms with Crippen LogP contribution in [0.2, 0.25) is 0 Å². The summed E-state index contributed by atoms with van der Waals surface area (Å²) in [6.45, 7) is 1.78. The van der Waals surface area contributed by atoms with Crippen LogP contribution in [-0.2, 0) is 16.0 Å². The first kappa shape index (κ1) is 15.5. The van der Waals surface area contributed by atoms with E-state index in [1.165, 1.54) is 19.3 Å². The Bertz CT molecular complexity index is 505. The predicted molar refractivity (Wildman–Crippen MR) is 85.5 cm³/mol. The maximum atomic E-state index is 12.6. The van der Waals surface area contributed by atoms with Gasteiger partial charge in [-0.25, -0.2) is 0 Å². The molecule has 1 aliphatic heterocycles. The van der Waals surface area contributed by atoms with Gasteiger partial charge in [0.05, 0.1) is 6.10 Å². The van der Waals surface area contributed by atoms with Crippen molar-refractivity contribution in [1.29, 1.82) is 0 Å². The van der Waals surface area contributed by atoms with Gasteiger partial charge in [-0.05, 0) is 44.2 Å². The van der Waals surface area contributed by atoms with E-state index in [-0.39, 0.29) is 11.3 Å². The van der Waals surface area contributed by atoms with Crippen molar-refractivity contribution in [1.82, 2.24) is 9.88 Å². The summed E-state index contributed by atoms with van der Waals surface area (Å²) < 4.78 is 5.71. The molecule has 2 heterocycles. The van der Waals surface area contributed by atoms with E-state index in [4.69, 9.17) is 4.74 Å². The summed E-state index contributed by atoms with van der Waals surface area (Å²) >= 11 is 0. The van der Waals surface area contributed by atoms with E-state index in [1.54, 1.807) is 6.20 Å². The van der Waals surface area contributed by atoms with Crippen LogP contribution in [0.25, 0.3) is 0 Å². The first-order chi connectivity index (χ1) is 10.7. The number of methoxy groups -OCH3 is 1. The third-order valence-electron chi connectivity index (χ3n) is 5.39. The molecule has 0 radical (unpaired) electrons. The highest BCUT2D eigenvalue weighted by atomic mass is 16.5. The molecular formula is C18H26N2O2. The number of hydrogen-bond acceptors (Lipinski definition) is 3. The second kappa shape index (κ2) is 6.78. The number of rotatable bonds is 4. The molecule has 1 spiro atoms. The van der Waals surface area contributed by atoms with Gasteiger partial charge >= 0.3 is 0 Å². The minimum Gasteiger partial charge on any atom is -0.381 e. The van der Waals surface area contributed by atoms with Gasteiger partial charge in [-0.1, -0.05) is 12.5 Å². The number of nitrogens with zero attached hydrogens (tertiary/aromatic N) is 2. The fourth-order valence-corrected chi connectivity index (χ4v) is 4.25. The molecule has 0 aromatic carbocycles. The molecule has 1 aromatic rings. The number of likely N-dealkylation sites (tertiary alicyclic amines) is 1. The van der Waals surface area contributed by atoms with Crippen LogP contribution in [-0.4, -0.2) is 42.1 Å². The molecule has 1 aromatic heterocycles. The van der Waals surface area contributed by atoms with Gasteiger partial charge in [0.15, 0.2) is 0 Å². The van der Waals surface area contributed by atoms with Crippen molar-refractivity contribution in [3.8, 4) is 0 Å². The first-order valence-electron chi connectivity index (χ1n) is 8.44. The van der Waals surface area contributed by atoms with Crippen LogP contribution in [0, 0.1) is 5.41 Å². The van der Waals surface area contributed by atoms with Crippen molar-refractivity contribution in [2.75, 3.05) is 20.2 Å². The van der Waals surface area contributed by atoms with Crippen LogP contribution < -0.4 is 0 Å². The summed E-state index contributed by atoms with van der Waals surface area (Å²) in [5.41, 5.74) is 1.21. The molecule has 120 valence electrons. The summed E-state index contributed by atoms with van der Waals surface area (Å²) in [7, 11) is 1.82. The first-order valence-corrected chi connectivity index (χ1v) is 8.44. The number of aryl methyl sites for hydroxylation is 1. The maximum Gasteiger partial charge on any atom is 0.222 e. The molecule has 2 aliphatic rings. The van der Waals surface area contributed by atoms with Crippen LogP contribution >= 0.6 is 0 Å². The standard InChI is InChI=1S/C18H26N2O2/c1-22-16-7-4-10-18(16)11-5-13-20(14-18)17(21)9-8-15-6-2-3-12-19-15/h2-3,6,12,16H,4-5,7-11,13-14H2,1H3/t16-,18-/m1/s1. The van der Waals surface area contributed by atoms with Crippen molar-refractivity contribution < 1.29 is 9.53 Å². The molecule has 0 N–H and O–H groups in total. The van der Waals surface area contributed by atoms with Gasteiger partial charge in [-0.15, -0.1) is 0 Å². The third-order valence-corrected chi connectivity index (χ3v) is 5.39. The van der Waals surface area contributed by atoms with Crippen LogP contribution in [0.5, 0.6) is 0 Å². The highest BCUT2D eigenvalue weighted by molar-refractivity contribution is 5.76. The third kappa shape index (κ3) is 3.17. The van der Waals surface area contributed by atoms with Crippen LogP contribution in [0.15, 0.2) is 24.4 Å². The fourth-order valence-electron chi connectivity index (χ4n) is 4.25. The Balaban J connectivity index is 1.58. The van der Waals surface area contributed by atoms with Gasteiger partial charge < -0.3 is 9.64 Å². The van der Waals surface area contributed by atoms with Crippen molar-refractivity contribution in [3.63, 3.8) is 0 Å². The number of carbonyl (C=O) groups excluding carboxylic acids is 1. The Morgan fingerprint density at radius 1 is 1.41 bits per heavy atom. The van der Waals surface area contributed by atoms with Crippen LogP contribution in [0.1, 0.15) is 44.2 Å². The molecule has 22 heavy (non-hydrogen) atoms. The van der Waals surface area contributed by atoms with E-state index in [0.717, 1.165) is 38.0 Å². The van der Waals surface area contributed by atoms with E-state index in [1.807, 2.05) is 25.3 Å². The lowest BCUT2D eigenvalue weighted by Gasteiger charge is -2.43. The Hall–Kier alpha value is -1.42. The molecule has 1 aliphatic carbocycles. The van der Waals surface area contributed by atoms with Crippen molar-refractivity contribution in [2.45, 2.75) is 51.0 Å². The molecule has 4 heteroatoms. The number of piperidine rings is 1. The summed E-state index contributed by atoms with van der Waals surface area (Å²) in [6, 6.07) is 5.87. The van der Waals surface area contributed by atoms with Gasteiger partial charge in [0, 0.05) is 43.9 Å². The number of amides is 1. The number of ether oxygens (including phenoxy) is 1. The Morgan fingerprint density at radius 3 is 3.05 bits per heavy atom. The van der Waals surface area contributed by atoms with Crippen LogP contribution in [0.3, 0.4) is 0 Å². The Morgan fingerprint density at radius 2 is 2.27 bits per heavy atom. The second-order valence-electron chi connectivity index (χ2n) is 6.72. The lowest BCUT2D eigenvalue weighted by Crippen LogP contribution is -2.49. The molecule has 2 fully saturated rings. The Labute approximate surface area is 132 Å². The highest BCUT2D eigenvalue weighted by Gasteiger charge is 2.46. The van der Waals surface area contributed by atoms with E-state index < -0.39 is 0 Å². The van der Waals surface area contributed by atoms with E-state index in [0.29, 0.717) is 12.5 Å². The largest absolute Gasteiger partial charge is 0.381 e. The highest BCUT2D eigenvalue weighted by Crippen LogP contribution is 2.46.